The lowest BCUT2D eigenvalue weighted by Gasteiger charge is -2.16. The second kappa shape index (κ2) is 11.6. The number of aliphatic hydroxyl groups excluding tert-OH is 1. The van der Waals surface area contributed by atoms with Gasteiger partial charge in [0.2, 0.25) is 0 Å². The average molecular weight is 252 g/mol. The highest BCUT2D eigenvalue weighted by Crippen LogP contribution is 2.17. The van der Waals surface area contributed by atoms with Crippen molar-refractivity contribution in [2.24, 2.45) is 5.92 Å². The first kappa shape index (κ1) is 17.5. The van der Waals surface area contributed by atoms with Crippen LogP contribution in [0.3, 0.4) is 0 Å². The molecule has 0 aromatic rings. The Hall–Kier alpha value is -0.520. The van der Waals surface area contributed by atoms with Crippen LogP contribution in [0.4, 0.5) is 0 Å². The lowest BCUT2D eigenvalue weighted by atomic mass is 9.95. The zero-order valence-corrected chi connectivity index (χ0v) is 12.8. The van der Waals surface area contributed by atoms with E-state index in [-0.39, 0.29) is 12.0 Å². The van der Waals surface area contributed by atoms with Crippen molar-refractivity contribution in [2.45, 2.75) is 85.2 Å². The third kappa shape index (κ3) is 8.55. The molecule has 0 aromatic heterocycles. The standard InChI is InChI=1S/C17H32O/c1-5-7-9-10-11-12-14-16(13-8-6-2)17(18)15(3)4/h12,15,17-18H,5-11,13H2,1-4H3/t14?,17-/m0/s1. The molecule has 1 heteroatoms. The van der Waals surface area contributed by atoms with Crippen LogP contribution in [0.2, 0.25) is 0 Å². The van der Waals surface area contributed by atoms with E-state index in [1.165, 1.54) is 32.1 Å². The highest BCUT2D eigenvalue weighted by Gasteiger charge is 2.13. The fourth-order valence-corrected chi connectivity index (χ4v) is 1.95. The predicted octanol–water partition coefficient (Wildman–Crippen LogP) is 5.25. The fourth-order valence-electron chi connectivity index (χ4n) is 1.95. The summed E-state index contributed by atoms with van der Waals surface area (Å²) in [6.07, 6.45) is 11.4. The van der Waals surface area contributed by atoms with Crippen LogP contribution in [-0.2, 0) is 0 Å². The Morgan fingerprint density at radius 1 is 1.06 bits per heavy atom. The lowest BCUT2D eigenvalue weighted by molar-refractivity contribution is 0.156. The molecule has 1 N–H and O–H groups in total. The largest absolute Gasteiger partial charge is 0.388 e. The van der Waals surface area contributed by atoms with Gasteiger partial charge in [0.1, 0.15) is 0 Å². The Morgan fingerprint density at radius 2 is 1.72 bits per heavy atom. The van der Waals surface area contributed by atoms with Gasteiger partial charge in [-0.1, -0.05) is 53.4 Å². The highest BCUT2D eigenvalue weighted by molar-refractivity contribution is 5.08. The molecule has 0 aromatic carbocycles. The van der Waals surface area contributed by atoms with Crippen LogP contribution in [0.5, 0.6) is 0 Å². The van der Waals surface area contributed by atoms with Crippen LogP contribution < -0.4 is 0 Å². The van der Waals surface area contributed by atoms with E-state index >= 15 is 0 Å². The van der Waals surface area contributed by atoms with E-state index < -0.39 is 0 Å². The molecule has 0 amide bonds. The average Bonchev–Trinajstić information content (AvgIpc) is 2.36. The minimum Gasteiger partial charge on any atom is -0.388 e. The molecule has 0 aliphatic heterocycles. The van der Waals surface area contributed by atoms with Gasteiger partial charge in [-0.3, -0.25) is 0 Å². The monoisotopic (exact) mass is 252 g/mol. The summed E-state index contributed by atoms with van der Waals surface area (Å²) >= 11 is 0. The quantitative estimate of drug-likeness (QED) is 0.416. The first-order valence-electron chi connectivity index (χ1n) is 7.75. The van der Waals surface area contributed by atoms with E-state index in [9.17, 15) is 5.11 Å². The topological polar surface area (TPSA) is 20.2 Å². The molecular weight excluding hydrogens is 220 g/mol. The molecule has 0 fully saturated rings. The van der Waals surface area contributed by atoms with Gasteiger partial charge in [-0.05, 0) is 37.7 Å². The van der Waals surface area contributed by atoms with E-state index in [0.29, 0.717) is 0 Å². The van der Waals surface area contributed by atoms with Crippen molar-refractivity contribution in [1.29, 1.82) is 0 Å². The van der Waals surface area contributed by atoms with Crippen molar-refractivity contribution in [3.05, 3.63) is 17.4 Å². The normalized spacial score (nSPS) is 12.3. The number of rotatable bonds is 10. The van der Waals surface area contributed by atoms with E-state index in [1.807, 2.05) is 0 Å². The second-order valence-corrected chi connectivity index (χ2v) is 5.52. The van der Waals surface area contributed by atoms with Gasteiger partial charge in [-0.15, -0.1) is 5.73 Å². The molecule has 0 radical (unpaired) electrons. The summed E-state index contributed by atoms with van der Waals surface area (Å²) in [6, 6.07) is 0. The van der Waals surface area contributed by atoms with E-state index in [4.69, 9.17) is 0 Å². The van der Waals surface area contributed by atoms with Gasteiger partial charge < -0.3 is 5.11 Å². The molecule has 1 atom stereocenters. The molecule has 106 valence electrons. The number of hydrogen-bond donors (Lipinski definition) is 1. The molecule has 0 rings (SSSR count). The van der Waals surface area contributed by atoms with Crippen molar-refractivity contribution in [2.75, 3.05) is 0 Å². The summed E-state index contributed by atoms with van der Waals surface area (Å²) in [6.45, 7) is 8.56. The maximum atomic E-state index is 10.1. The van der Waals surface area contributed by atoms with E-state index in [0.717, 1.165) is 24.8 Å². The summed E-state index contributed by atoms with van der Waals surface area (Å²) in [4.78, 5) is 0. The highest BCUT2D eigenvalue weighted by atomic mass is 16.3. The van der Waals surface area contributed by atoms with Crippen molar-refractivity contribution in [1.82, 2.24) is 0 Å². The predicted molar refractivity (Wildman–Crippen MR) is 80.7 cm³/mol. The summed E-state index contributed by atoms with van der Waals surface area (Å²) in [7, 11) is 0. The summed E-state index contributed by atoms with van der Waals surface area (Å²) in [5.74, 6) is 0.290. The van der Waals surface area contributed by atoms with Gasteiger partial charge in [0.05, 0.1) is 6.10 Å². The Balaban J connectivity index is 4.29. The first-order valence-corrected chi connectivity index (χ1v) is 7.75. The number of unbranched alkanes of at least 4 members (excludes halogenated alkanes) is 5. The van der Waals surface area contributed by atoms with Gasteiger partial charge in [-0.25, -0.2) is 0 Å². The lowest BCUT2D eigenvalue weighted by Crippen LogP contribution is -2.17. The SMILES string of the molecule is CCCCCCC=C=C(CCCC)[C@@H](O)C(C)C. The van der Waals surface area contributed by atoms with E-state index in [2.05, 4.69) is 39.5 Å². The van der Waals surface area contributed by atoms with Gasteiger partial charge in [0, 0.05) is 5.57 Å². The summed E-state index contributed by atoms with van der Waals surface area (Å²) in [5.41, 5.74) is 4.45. The van der Waals surface area contributed by atoms with Crippen LogP contribution >= 0.6 is 0 Å². The van der Waals surface area contributed by atoms with Crippen molar-refractivity contribution >= 4 is 0 Å². The third-order valence-electron chi connectivity index (χ3n) is 3.28. The molecular formula is C17H32O. The molecule has 0 saturated carbocycles. The Bertz CT molecular complexity index is 246. The minimum atomic E-state index is -0.316. The van der Waals surface area contributed by atoms with Crippen LogP contribution in [-0.4, -0.2) is 11.2 Å². The number of aliphatic hydroxyl groups is 1. The molecule has 0 aliphatic rings. The maximum absolute atomic E-state index is 10.1. The van der Waals surface area contributed by atoms with E-state index in [1.54, 1.807) is 0 Å². The molecule has 1 nitrogen and oxygen atoms in total. The minimum absolute atomic E-state index is 0.290. The van der Waals surface area contributed by atoms with Gasteiger partial charge >= 0.3 is 0 Å². The third-order valence-corrected chi connectivity index (χ3v) is 3.28. The fraction of sp³-hybridized carbons (Fsp3) is 0.824. The van der Waals surface area contributed by atoms with Crippen molar-refractivity contribution in [3.8, 4) is 0 Å². The zero-order valence-electron chi connectivity index (χ0n) is 12.8. The van der Waals surface area contributed by atoms with Crippen molar-refractivity contribution < 1.29 is 5.11 Å². The molecule has 0 saturated heterocycles. The van der Waals surface area contributed by atoms with Crippen LogP contribution in [0.1, 0.15) is 79.1 Å². The Labute approximate surface area is 114 Å². The summed E-state index contributed by atoms with van der Waals surface area (Å²) in [5, 5.41) is 10.1. The molecule has 0 unspecified atom stereocenters. The molecule has 0 aliphatic carbocycles. The molecule has 0 bridgehead atoms. The van der Waals surface area contributed by atoms with Crippen LogP contribution in [0.15, 0.2) is 17.4 Å². The smallest absolute Gasteiger partial charge is 0.0846 e. The van der Waals surface area contributed by atoms with Gasteiger partial charge in [0.15, 0.2) is 0 Å². The van der Waals surface area contributed by atoms with Gasteiger partial charge in [0.25, 0.3) is 0 Å². The Morgan fingerprint density at radius 3 is 2.28 bits per heavy atom. The zero-order chi connectivity index (χ0) is 13.8. The number of hydrogen-bond acceptors (Lipinski definition) is 1. The summed E-state index contributed by atoms with van der Waals surface area (Å²) < 4.78 is 0. The first-order chi connectivity index (χ1) is 8.63. The molecule has 0 spiro atoms. The van der Waals surface area contributed by atoms with Gasteiger partial charge in [-0.2, -0.15) is 0 Å². The van der Waals surface area contributed by atoms with Crippen molar-refractivity contribution in [3.63, 3.8) is 0 Å². The van der Waals surface area contributed by atoms with Crippen LogP contribution in [0, 0.1) is 5.92 Å². The maximum Gasteiger partial charge on any atom is 0.0846 e. The molecule has 0 heterocycles. The second-order valence-electron chi connectivity index (χ2n) is 5.52. The molecule has 18 heavy (non-hydrogen) atoms. The van der Waals surface area contributed by atoms with Crippen LogP contribution in [0.25, 0.3) is 0 Å². The Kier molecular flexibility index (Phi) is 11.2.